The van der Waals surface area contributed by atoms with Gasteiger partial charge in [0.15, 0.2) is 0 Å². The molecule has 5 nitrogen and oxygen atoms in total. The second-order valence-corrected chi connectivity index (χ2v) is 12.5. The Hall–Kier alpha value is -1.43. The van der Waals surface area contributed by atoms with Gasteiger partial charge in [-0.3, -0.25) is 9.59 Å². The van der Waals surface area contributed by atoms with Crippen molar-refractivity contribution in [3.05, 3.63) is 11.8 Å². The molecular formula is C14H24N2O3Si. The van der Waals surface area contributed by atoms with Crippen LogP contribution in [0.1, 0.15) is 38.8 Å². The van der Waals surface area contributed by atoms with Crippen LogP contribution in [-0.4, -0.2) is 30.0 Å². The highest BCUT2D eigenvalue weighted by atomic mass is 28.3. The second-order valence-electron chi connectivity index (χ2n) is 7.20. The first-order valence-electron chi connectivity index (χ1n) is 6.70. The van der Waals surface area contributed by atoms with Crippen LogP contribution in [-0.2, 0) is 9.59 Å². The van der Waals surface area contributed by atoms with E-state index in [0.29, 0.717) is 11.4 Å². The Kier molecular flexibility index (Phi) is 4.58. The van der Waals surface area contributed by atoms with Crippen molar-refractivity contribution in [1.82, 2.24) is 10.2 Å². The smallest absolute Gasteiger partial charge is 0.317 e. The highest BCUT2D eigenvalue weighted by Gasteiger charge is 2.36. The van der Waals surface area contributed by atoms with Gasteiger partial charge in [-0.1, -0.05) is 19.6 Å². The zero-order chi connectivity index (χ0) is 15.7. The number of hydrogen-bond donors (Lipinski definition) is 1. The Balaban J connectivity index is 3.13. The maximum Gasteiger partial charge on any atom is 0.317 e. The van der Waals surface area contributed by atoms with Crippen molar-refractivity contribution in [2.45, 2.75) is 52.9 Å². The van der Waals surface area contributed by atoms with Crippen LogP contribution in [0.2, 0.25) is 19.6 Å². The molecule has 0 aliphatic heterocycles. The second kappa shape index (κ2) is 5.52. The molecule has 0 aromatic carbocycles. The molecule has 1 rings (SSSR count). The Morgan fingerprint density at radius 2 is 1.85 bits per heavy atom. The minimum atomic E-state index is -1.78. The minimum Gasteiger partial charge on any atom is -0.407 e. The van der Waals surface area contributed by atoms with Crippen LogP contribution in [0.5, 0.6) is 5.88 Å². The van der Waals surface area contributed by atoms with Gasteiger partial charge in [-0.05, 0) is 27.7 Å². The van der Waals surface area contributed by atoms with E-state index in [9.17, 15) is 9.59 Å². The number of aromatic nitrogens is 2. The molecule has 1 N–H and O–H groups in total. The van der Waals surface area contributed by atoms with Crippen molar-refractivity contribution >= 4 is 19.8 Å². The van der Waals surface area contributed by atoms with Crippen LogP contribution in [0.3, 0.4) is 0 Å². The number of H-pyrrole nitrogens is 1. The van der Waals surface area contributed by atoms with Gasteiger partial charge in [0.1, 0.15) is 5.78 Å². The summed E-state index contributed by atoms with van der Waals surface area (Å²) >= 11 is 0. The van der Waals surface area contributed by atoms with E-state index < -0.39 is 13.5 Å². The maximum atomic E-state index is 12.0. The van der Waals surface area contributed by atoms with Crippen molar-refractivity contribution in [3.8, 4) is 5.88 Å². The maximum absolute atomic E-state index is 12.0. The van der Waals surface area contributed by atoms with E-state index in [1.54, 1.807) is 33.9 Å². The van der Waals surface area contributed by atoms with Gasteiger partial charge < -0.3 is 4.74 Å². The zero-order valence-corrected chi connectivity index (χ0v) is 14.3. The predicted molar refractivity (Wildman–Crippen MR) is 80.4 cm³/mol. The summed E-state index contributed by atoms with van der Waals surface area (Å²) in [7, 11) is -1.78. The number of esters is 1. The average Bonchev–Trinajstić information content (AvgIpc) is 2.61. The molecule has 1 heterocycles. The molecule has 6 heteroatoms. The Bertz CT molecular complexity index is 509. The molecule has 1 aromatic heterocycles. The molecule has 112 valence electrons. The molecule has 0 saturated carbocycles. The van der Waals surface area contributed by atoms with E-state index in [2.05, 4.69) is 29.8 Å². The SMILES string of the molecule is CC(=O)C(c1cn[nH]c1OC(=O)C(C)(C)C)[Si](C)(C)C. The van der Waals surface area contributed by atoms with Gasteiger partial charge in [0.2, 0.25) is 5.88 Å². The highest BCUT2D eigenvalue weighted by molar-refractivity contribution is 6.80. The van der Waals surface area contributed by atoms with Crippen LogP contribution in [0.15, 0.2) is 6.20 Å². The fourth-order valence-corrected chi connectivity index (χ4v) is 4.47. The standard InChI is InChI=1S/C14H24N2O3Si/c1-9(17)11(20(5,6)7)10-8-15-16-12(10)19-13(18)14(2,3)4/h8,11H,1-7H3,(H,15,16). The number of nitrogens with one attached hydrogen (secondary N) is 1. The minimum absolute atomic E-state index is 0.0821. The van der Waals surface area contributed by atoms with Gasteiger partial charge in [-0.25, -0.2) is 5.10 Å². The Labute approximate surface area is 121 Å². The van der Waals surface area contributed by atoms with E-state index in [0.717, 1.165) is 0 Å². The largest absolute Gasteiger partial charge is 0.407 e. The average molecular weight is 296 g/mol. The number of ketones is 1. The molecule has 0 aliphatic carbocycles. The summed E-state index contributed by atoms with van der Waals surface area (Å²) in [6.45, 7) is 13.3. The molecule has 0 spiro atoms. The summed E-state index contributed by atoms with van der Waals surface area (Å²) in [4.78, 5) is 24.0. The van der Waals surface area contributed by atoms with Gasteiger partial charge in [-0.2, -0.15) is 5.10 Å². The predicted octanol–water partition coefficient (Wildman–Crippen LogP) is 2.91. The monoisotopic (exact) mass is 296 g/mol. The van der Waals surface area contributed by atoms with Gasteiger partial charge in [0, 0.05) is 11.1 Å². The highest BCUT2D eigenvalue weighted by Crippen LogP contribution is 2.33. The molecule has 0 amide bonds. The number of aromatic amines is 1. The first kappa shape index (κ1) is 16.6. The number of Topliss-reactive ketones (excluding diaryl/α,β-unsaturated/α-hetero) is 1. The first-order chi connectivity index (χ1) is 8.94. The number of ether oxygens (including phenoxy) is 1. The summed E-state index contributed by atoms with van der Waals surface area (Å²) in [5.41, 5.74) is -0.147. The quantitative estimate of drug-likeness (QED) is 0.685. The van der Waals surface area contributed by atoms with Crippen molar-refractivity contribution < 1.29 is 14.3 Å². The van der Waals surface area contributed by atoms with Crippen LogP contribution in [0.25, 0.3) is 0 Å². The molecule has 0 aliphatic rings. The van der Waals surface area contributed by atoms with Gasteiger partial charge >= 0.3 is 5.97 Å². The normalized spacial score (nSPS) is 13.9. The van der Waals surface area contributed by atoms with Crippen molar-refractivity contribution in [3.63, 3.8) is 0 Å². The van der Waals surface area contributed by atoms with Crippen LogP contribution in [0, 0.1) is 5.41 Å². The molecule has 1 atom stereocenters. The molecule has 1 unspecified atom stereocenters. The first-order valence-corrected chi connectivity index (χ1v) is 10.3. The topological polar surface area (TPSA) is 72.1 Å². The van der Waals surface area contributed by atoms with E-state index in [-0.39, 0.29) is 17.3 Å². The third-order valence-electron chi connectivity index (χ3n) is 3.02. The summed E-state index contributed by atoms with van der Waals surface area (Å²) < 4.78 is 5.39. The zero-order valence-electron chi connectivity index (χ0n) is 13.3. The number of hydrogen-bond acceptors (Lipinski definition) is 4. The Morgan fingerprint density at radius 1 is 1.30 bits per heavy atom. The lowest BCUT2D eigenvalue weighted by atomic mass is 9.97. The fraction of sp³-hybridized carbons (Fsp3) is 0.643. The fourth-order valence-electron chi connectivity index (χ4n) is 2.11. The van der Waals surface area contributed by atoms with E-state index >= 15 is 0 Å². The summed E-state index contributed by atoms with van der Waals surface area (Å²) in [5, 5.41) is 6.63. The molecule has 0 bridgehead atoms. The van der Waals surface area contributed by atoms with Crippen molar-refractivity contribution in [1.29, 1.82) is 0 Å². The van der Waals surface area contributed by atoms with E-state index in [4.69, 9.17) is 4.74 Å². The lowest BCUT2D eigenvalue weighted by Gasteiger charge is -2.26. The molecule has 0 radical (unpaired) electrons. The molecule has 1 aromatic rings. The van der Waals surface area contributed by atoms with Crippen molar-refractivity contribution in [2.24, 2.45) is 5.41 Å². The third kappa shape index (κ3) is 3.79. The lowest BCUT2D eigenvalue weighted by molar-refractivity contribution is -0.143. The van der Waals surface area contributed by atoms with Crippen LogP contribution >= 0.6 is 0 Å². The molecule has 0 fully saturated rings. The summed E-state index contributed by atoms with van der Waals surface area (Å²) in [6.07, 6.45) is 1.59. The molecule has 0 saturated heterocycles. The van der Waals surface area contributed by atoms with Crippen LogP contribution in [0.4, 0.5) is 0 Å². The third-order valence-corrected chi connectivity index (χ3v) is 5.47. The lowest BCUT2D eigenvalue weighted by Crippen LogP contribution is -2.36. The van der Waals surface area contributed by atoms with Gasteiger partial charge in [0.25, 0.3) is 0 Å². The number of rotatable bonds is 4. The number of nitrogens with zero attached hydrogens (tertiary/aromatic N) is 1. The van der Waals surface area contributed by atoms with Crippen molar-refractivity contribution in [2.75, 3.05) is 0 Å². The Morgan fingerprint density at radius 3 is 2.25 bits per heavy atom. The number of carbonyl (C=O) groups is 2. The summed E-state index contributed by atoms with van der Waals surface area (Å²) in [5.74, 6) is 0.0343. The number of carbonyl (C=O) groups excluding carboxylic acids is 2. The molecular weight excluding hydrogens is 272 g/mol. The van der Waals surface area contributed by atoms with Gasteiger partial charge in [-0.15, -0.1) is 0 Å². The molecule has 20 heavy (non-hydrogen) atoms. The van der Waals surface area contributed by atoms with Gasteiger partial charge in [0.05, 0.1) is 19.7 Å². The summed E-state index contributed by atoms with van der Waals surface area (Å²) in [6, 6.07) is 0. The van der Waals surface area contributed by atoms with E-state index in [1.165, 1.54) is 0 Å². The van der Waals surface area contributed by atoms with E-state index in [1.807, 2.05) is 0 Å². The van der Waals surface area contributed by atoms with Crippen LogP contribution < -0.4 is 4.74 Å².